The lowest BCUT2D eigenvalue weighted by Gasteiger charge is -2.24. The van der Waals surface area contributed by atoms with Crippen LogP contribution in [0.1, 0.15) is 12.0 Å². The molecule has 1 atom stereocenters. The molecule has 0 aromatic heterocycles. The average molecular weight is 280 g/mol. The largest absolute Gasteiger partial charge is 0.381 e. The lowest BCUT2D eigenvalue weighted by atomic mass is 9.83. The van der Waals surface area contributed by atoms with Crippen LogP contribution in [0.5, 0.6) is 0 Å². The second-order valence-electron chi connectivity index (χ2n) is 4.36. The molecule has 1 nitrogen and oxygen atoms in total. The van der Waals surface area contributed by atoms with Crippen LogP contribution in [0.25, 0.3) is 0 Å². The van der Waals surface area contributed by atoms with Crippen LogP contribution >= 0.6 is 34.8 Å². The first-order valence-electron chi connectivity index (χ1n) is 5.23. The Balaban J connectivity index is 2.16. The molecule has 0 bridgehead atoms. The maximum atomic E-state index is 6.05. The van der Waals surface area contributed by atoms with Crippen LogP contribution in [0.2, 0.25) is 10.0 Å². The molecular weight excluding hydrogens is 266 g/mol. The molecule has 1 aliphatic heterocycles. The van der Waals surface area contributed by atoms with Crippen LogP contribution in [0.4, 0.5) is 0 Å². The SMILES string of the molecule is ClCC1(Cc2ccc(Cl)c(Cl)c2)CCOC1. The Bertz CT molecular complexity index is 373. The molecule has 0 amide bonds. The van der Waals surface area contributed by atoms with Gasteiger partial charge in [-0.3, -0.25) is 0 Å². The third-order valence-electron chi connectivity index (χ3n) is 3.03. The number of benzene rings is 1. The van der Waals surface area contributed by atoms with Crippen molar-refractivity contribution >= 4 is 34.8 Å². The molecule has 0 radical (unpaired) electrons. The Morgan fingerprint density at radius 2 is 2.06 bits per heavy atom. The third kappa shape index (κ3) is 2.65. The number of rotatable bonds is 3. The van der Waals surface area contributed by atoms with Gasteiger partial charge in [-0.1, -0.05) is 29.3 Å². The van der Waals surface area contributed by atoms with Gasteiger partial charge >= 0.3 is 0 Å². The Labute approximate surface area is 111 Å². The molecule has 0 spiro atoms. The van der Waals surface area contributed by atoms with Crippen molar-refractivity contribution in [1.82, 2.24) is 0 Å². The lowest BCUT2D eigenvalue weighted by Crippen LogP contribution is -2.26. The van der Waals surface area contributed by atoms with E-state index in [0.29, 0.717) is 15.9 Å². The maximum absolute atomic E-state index is 6.05. The van der Waals surface area contributed by atoms with Crippen molar-refractivity contribution in [2.75, 3.05) is 19.1 Å². The van der Waals surface area contributed by atoms with E-state index >= 15 is 0 Å². The van der Waals surface area contributed by atoms with E-state index in [2.05, 4.69) is 0 Å². The first kappa shape index (κ1) is 12.5. The fraction of sp³-hybridized carbons (Fsp3) is 0.500. The predicted octanol–water partition coefficient (Wildman–Crippen LogP) is 4.18. The smallest absolute Gasteiger partial charge is 0.0595 e. The summed E-state index contributed by atoms with van der Waals surface area (Å²) < 4.78 is 5.43. The summed E-state index contributed by atoms with van der Waals surface area (Å²) in [5.74, 6) is 0.618. The standard InChI is InChI=1S/C12H13Cl3O/c13-7-12(3-4-16-8-12)6-9-1-2-10(14)11(15)5-9/h1-2,5H,3-4,6-8H2. The van der Waals surface area contributed by atoms with Gasteiger partial charge in [-0.2, -0.15) is 0 Å². The minimum Gasteiger partial charge on any atom is -0.381 e. The number of alkyl halides is 1. The monoisotopic (exact) mass is 278 g/mol. The Kier molecular flexibility index (Phi) is 4.01. The van der Waals surface area contributed by atoms with E-state index in [0.717, 1.165) is 26.1 Å². The molecule has 1 aromatic carbocycles. The molecular formula is C12H13Cl3O. The van der Waals surface area contributed by atoms with Gasteiger partial charge in [0.15, 0.2) is 0 Å². The summed E-state index contributed by atoms with van der Waals surface area (Å²) in [6, 6.07) is 5.74. The molecule has 1 aliphatic rings. The van der Waals surface area contributed by atoms with Crippen molar-refractivity contribution in [3.05, 3.63) is 33.8 Å². The highest BCUT2D eigenvalue weighted by Gasteiger charge is 2.34. The summed E-state index contributed by atoms with van der Waals surface area (Å²) in [6.07, 6.45) is 1.91. The van der Waals surface area contributed by atoms with E-state index in [1.807, 2.05) is 18.2 Å². The summed E-state index contributed by atoms with van der Waals surface area (Å²) in [7, 11) is 0. The topological polar surface area (TPSA) is 9.23 Å². The summed E-state index contributed by atoms with van der Waals surface area (Å²) in [4.78, 5) is 0. The molecule has 1 aromatic rings. The van der Waals surface area contributed by atoms with Crippen molar-refractivity contribution in [3.8, 4) is 0 Å². The van der Waals surface area contributed by atoms with Crippen LogP contribution in [0.3, 0.4) is 0 Å². The zero-order valence-corrected chi connectivity index (χ0v) is 11.1. The summed E-state index contributed by atoms with van der Waals surface area (Å²) in [5.41, 5.74) is 1.24. The summed E-state index contributed by atoms with van der Waals surface area (Å²) in [5, 5.41) is 1.19. The van der Waals surface area contributed by atoms with Crippen LogP contribution in [0, 0.1) is 5.41 Å². The Hall–Kier alpha value is 0.0500. The molecule has 0 N–H and O–H groups in total. The van der Waals surface area contributed by atoms with Crippen molar-refractivity contribution in [3.63, 3.8) is 0 Å². The highest BCUT2D eigenvalue weighted by Crippen LogP contribution is 2.35. The molecule has 1 saturated heterocycles. The fourth-order valence-electron chi connectivity index (χ4n) is 2.02. The van der Waals surface area contributed by atoms with Gasteiger partial charge in [-0.15, -0.1) is 11.6 Å². The van der Waals surface area contributed by atoms with E-state index in [-0.39, 0.29) is 5.41 Å². The first-order chi connectivity index (χ1) is 7.65. The van der Waals surface area contributed by atoms with Gasteiger partial charge in [0.05, 0.1) is 16.7 Å². The van der Waals surface area contributed by atoms with Crippen LogP contribution in [-0.4, -0.2) is 19.1 Å². The highest BCUT2D eigenvalue weighted by atomic mass is 35.5. The highest BCUT2D eigenvalue weighted by molar-refractivity contribution is 6.42. The maximum Gasteiger partial charge on any atom is 0.0595 e. The first-order valence-corrected chi connectivity index (χ1v) is 6.52. The van der Waals surface area contributed by atoms with E-state index in [9.17, 15) is 0 Å². The average Bonchev–Trinajstić information content (AvgIpc) is 2.73. The zero-order chi connectivity index (χ0) is 11.6. The van der Waals surface area contributed by atoms with Gasteiger partial charge in [0.2, 0.25) is 0 Å². The van der Waals surface area contributed by atoms with Crippen LogP contribution in [-0.2, 0) is 11.2 Å². The Morgan fingerprint density at radius 3 is 2.62 bits per heavy atom. The van der Waals surface area contributed by atoms with Crippen LogP contribution in [0.15, 0.2) is 18.2 Å². The normalized spacial score (nSPS) is 24.9. The molecule has 1 unspecified atom stereocenters. The number of ether oxygens (including phenoxy) is 1. The minimum atomic E-state index is 0.0682. The van der Waals surface area contributed by atoms with E-state index < -0.39 is 0 Å². The third-order valence-corrected chi connectivity index (χ3v) is 4.34. The Morgan fingerprint density at radius 1 is 1.25 bits per heavy atom. The number of halogens is 3. The van der Waals surface area contributed by atoms with E-state index in [1.165, 1.54) is 5.56 Å². The predicted molar refractivity (Wildman–Crippen MR) is 68.8 cm³/mol. The molecule has 88 valence electrons. The van der Waals surface area contributed by atoms with Gasteiger partial charge in [0.1, 0.15) is 0 Å². The van der Waals surface area contributed by atoms with Crippen LogP contribution < -0.4 is 0 Å². The zero-order valence-electron chi connectivity index (χ0n) is 8.81. The summed E-state index contributed by atoms with van der Waals surface area (Å²) in [6.45, 7) is 1.53. The minimum absolute atomic E-state index is 0.0682. The second kappa shape index (κ2) is 5.14. The van der Waals surface area contributed by atoms with Gasteiger partial charge in [-0.25, -0.2) is 0 Å². The van der Waals surface area contributed by atoms with Crippen molar-refractivity contribution in [2.45, 2.75) is 12.8 Å². The van der Waals surface area contributed by atoms with Gasteiger partial charge in [0, 0.05) is 17.9 Å². The number of hydrogen-bond acceptors (Lipinski definition) is 1. The molecule has 16 heavy (non-hydrogen) atoms. The lowest BCUT2D eigenvalue weighted by molar-refractivity contribution is 0.161. The van der Waals surface area contributed by atoms with Gasteiger partial charge in [-0.05, 0) is 30.5 Å². The quantitative estimate of drug-likeness (QED) is 0.754. The van der Waals surface area contributed by atoms with Gasteiger partial charge in [0.25, 0.3) is 0 Å². The van der Waals surface area contributed by atoms with E-state index in [4.69, 9.17) is 39.5 Å². The fourth-order valence-corrected chi connectivity index (χ4v) is 2.65. The van der Waals surface area contributed by atoms with Gasteiger partial charge < -0.3 is 4.74 Å². The second-order valence-corrected chi connectivity index (χ2v) is 5.44. The molecule has 1 fully saturated rings. The van der Waals surface area contributed by atoms with Crippen molar-refractivity contribution < 1.29 is 4.74 Å². The molecule has 4 heteroatoms. The molecule has 1 heterocycles. The van der Waals surface area contributed by atoms with Crippen molar-refractivity contribution in [1.29, 1.82) is 0 Å². The van der Waals surface area contributed by atoms with Crippen molar-refractivity contribution in [2.24, 2.45) is 5.41 Å². The molecule has 0 saturated carbocycles. The number of hydrogen-bond donors (Lipinski definition) is 0. The summed E-state index contributed by atoms with van der Waals surface area (Å²) >= 11 is 17.9. The molecule has 2 rings (SSSR count). The molecule has 0 aliphatic carbocycles. The van der Waals surface area contributed by atoms with E-state index in [1.54, 1.807) is 0 Å².